The van der Waals surface area contributed by atoms with E-state index < -0.39 is 0 Å². The molecule has 0 fully saturated rings. The lowest BCUT2D eigenvalue weighted by Crippen LogP contribution is -2.20. The maximum Gasteiger partial charge on any atom is 0.157 e. The van der Waals surface area contributed by atoms with Gasteiger partial charge in [-0.1, -0.05) is 20.3 Å². The molecule has 0 aliphatic rings. The van der Waals surface area contributed by atoms with E-state index in [1.165, 1.54) is 5.56 Å². The van der Waals surface area contributed by atoms with Gasteiger partial charge in [-0.05, 0) is 58.7 Å². The highest BCUT2D eigenvalue weighted by molar-refractivity contribution is 5.25. The quantitative estimate of drug-likeness (QED) is 0.758. The molecule has 120 valence electrons. The molecule has 1 heterocycles. The van der Waals surface area contributed by atoms with Gasteiger partial charge in [-0.25, -0.2) is 9.97 Å². The molecular weight excluding hydrogens is 262 g/mol. The second kappa shape index (κ2) is 9.11. The summed E-state index contributed by atoms with van der Waals surface area (Å²) in [6.07, 6.45) is 3.10. The average molecular weight is 293 g/mol. The van der Waals surface area contributed by atoms with Crippen LogP contribution in [0.25, 0.3) is 0 Å². The van der Waals surface area contributed by atoms with E-state index in [-0.39, 0.29) is 6.10 Å². The Morgan fingerprint density at radius 2 is 1.76 bits per heavy atom. The smallest absolute Gasteiger partial charge is 0.157 e. The number of aryl methyl sites for hydroxylation is 2. The number of nitrogens with zero attached hydrogens (tertiary/aromatic N) is 2. The zero-order valence-electron chi connectivity index (χ0n) is 14.5. The van der Waals surface area contributed by atoms with Crippen LogP contribution in [0.3, 0.4) is 0 Å². The topological polar surface area (TPSA) is 47.0 Å². The highest BCUT2D eigenvalue weighted by Gasteiger charge is 2.18. The zero-order chi connectivity index (χ0) is 15.8. The van der Waals surface area contributed by atoms with Crippen LogP contribution in [-0.2, 0) is 11.2 Å². The molecule has 0 amide bonds. The first-order valence-corrected chi connectivity index (χ1v) is 8.13. The van der Waals surface area contributed by atoms with Crippen LogP contribution in [0, 0.1) is 19.8 Å². The Morgan fingerprint density at radius 1 is 1.14 bits per heavy atom. The van der Waals surface area contributed by atoms with Crippen LogP contribution in [-0.4, -0.2) is 30.2 Å². The minimum atomic E-state index is 0.0289. The maximum atomic E-state index is 5.80. The van der Waals surface area contributed by atoms with E-state index in [1.807, 2.05) is 14.0 Å². The van der Waals surface area contributed by atoms with E-state index in [2.05, 4.69) is 33.0 Å². The first kappa shape index (κ1) is 18.1. The van der Waals surface area contributed by atoms with Crippen LogP contribution in [0.2, 0.25) is 0 Å². The van der Waals surface area contributed by atoms with E-state index in [9.17, 15) is 0 Å². The van der Waals surface area contributed by atoms with Crippen LogP contribution >= 0.6 is 0 Å². The zero-order valence-corrected chi connectivity index (χ0v) is 14.5. The van der Waals surface area contributed by atoms with Crippen LogP contribution < -0.4 is 5.32 Å². The van der Waals surface area contributed by atoms with Gasteiger partial charge >= 0.3 is 0 Å². The van der Waals surface area contributed by atoms with Crippen molar-refractivity contribution < 1.29 is 4.74 Å². The lowest BCUT2D eigenvalue weighted by Gasteiger charge is -2.19. The van der Waals surface area contributed by atoms with Gasteiger partial charge in [0.2, 0.25) is 0 Å². The van der Waals surface area contributed by atoms with Crippen molar-refractivity contribution in [3.8, 4) is 0 Å². The van der Waals surface area contributed by atoms with E-state index in [0.717, 1.165) is 43.0 Å². The number of ether oxygens (including phenoxy) is 1. The molecule has 0 aliphatic carbocycles. The van der Waals surface area contributed by atoms with Crippen molar-refractivity contribution in [3.63, 3.8) is 0 Å². The molecular formula is C17H31N3O. The van der Waals surface area contributed by atoms with Gasteiger partial charge in [-0.15, -0.1) is 0 Å². The van der Waals surface area contributed by atoms with Gasteiger partial charge in [0.1, 0.15) is 6.10 Å². The summed E-state index contributed by atoms with van der Waals surface area (Å²) in [7, 11) is 1.99. The average Bonchev–Trinajstić information content (AvgIpc) is 2.42. The first-order valence-electron chi connectivity index (χ1n) is 8.13. The number of hydrogen-bond donors (Lipinski definition) is 1. The highest BCUT2D eigenvalue weighted by Crippen LogP contribution is 2.23. The third kappa shape index (κ3) is 5.36. The van der Waals surface area contributed by atoms with Crippen LogP contribution in [0.4, 0.5) is 0 Å². The predicted molar refractivity (Wildman–Crippen MR) is 87.6 cm³/mol. The molecule has 2 atom stereocenters. The van der Waals surface area contributed by atoms with E-state index >= 15 is 0 Å². The molecule has 4 heteroatoms. The van der Waals surface area contributed by atoms with Gasteiger partial charge in [0.05, 0.1) is 0 Å². The van der Waals surface area contributed by atoms with Crippen LogP contribution in [0.5, 0.6) is 0 Å². The van der Waals surface area contributed by atoms with Crippen molar-refractivity contribution >= 4 is 0 Å². The van der Waals surface area contributed by atoms with Gasteiger partial charge in [0, 0.05) is 18.0 Å². The maximum absolute atomic E-state index is 5.80. The molecule has 2 unspecified atom stereocenters. The second-order valence-electron chi connectivity index (χ2n) is 5.83. The minimum absolute atomic E-state index is 0.0289. The summed E-state index contributed by atoms with van der Waals surface area (Å²) in [5, 5.41) is 3.23. The van der Waals surface area contributed by atoms with Gasteiger partial charge in [0.25, 0.3) is 0 Å². The number of rotatable bonds is 9. The molecule has 1 aromatic heterocycles. The Labute approximate surface area is 129 Å². The Morgan fingerprint density at radius 3 is 2.24 bits per heavy atom. The summed E-state index contributed by atoms with van der Waals surface area (Å²) < 4.78 is 5.80. The van der Waals surface area contributed by atoms with E-state index in [0.29, 0.717) is 12.5 Å². The Balaban J connectivity index is 2.96. The van der Waals surface area contributed by atoms with Crippen molar-refractivity contribution in [1.29, 1.82) is 0 Å². The number of nitrogens with one attached hydrogen (secondary N) is 1. The molecule has 0 aromatic carbocycles. The predicted octanol–water partition coefficient (Wildman–Crippen LogP) is 3.37. The third-order valence-electron chi connectivity index (χ3n) is 3.75. The Bertz CT molecular complexity index is 405. The van der Waals surface area contributed by atoms with Crippen molar-refractivity contribution in [2.75, 3.05) is 20.2 Å². The molecule has 0 saturated heterocycles. The van der Waals surface area contributed by atoms with Gasteiger partial charge in [-0.2, -0.15) is 0 Å². The fourth-order valence-electron chi connectivity index (χ4n) is 2.72. The summed E-state index contributed by atoms with van der Waals surface area (Å²) in [5.74, 6) is 1.43. The number of hydrogen-bond acceptors (Lipinski definition) is 4. The molecule has 1 N–H and O–H groups in total. The highest BCUT2D eigenvalue weighted by atomic mass is 16.5. The minimum Gasteiger partial charge on any atom is -0.371 e. The lowest BCUT2D eigenvalue weighted by atomic mass is 9.98. The van der Waals surface area contributed by atoms with Gasteiger partial charge in [0.15, 0.2) is 5.82 Å². The Kier molecular flexibility index (Phi) is 7.83. The fraction of sp³-hybridized carbons (Fsp3) is 0.765. The normalized spacial score (nSPS) is 14.2. The van der Waals surface area contributed by atoms with Crippen LogP contribution in [0.15, 0.2) is 0 Å². The molecule has 0 aliphatic heterocycles. The van der Waals surface area contributed by atoms with Crippen LogP contribution in [0.1, 0.15) is 62.5 Å². The molecule has 0 saturated carbocycles. The van der Waals surface area contributed by atoms with Gasteiger partial charge < -0.3 is 10.1 Å². The summed E-state index contributed by atoms with van der Waals surface area (Å²) in [4.78, 5) is 9.46. The molecule has 1 aromatic rings. The van der Waals surface area contributed by atoms with Crippen molar-refractivity contribution in [2.45, 2.75) is 60.0 Å². The largest absolute Gasteiger partial charge is 0.371 e. The van der Waals surface area contributed by atoms with E-state index in [4.69, 9.17) is 14.7 Å². The van der Waals surface area contributed by atoms with E-state index in [1.54, 1.807) is 0 Å². The molecule has 0 spiro atoms. The summed E-state index contributed by atoms with van der Waals surface area (Å²) in [5.41, 5.74) is 3.48. The monoisotopic (exact) mass is 293 g/mol. The Hall–Kier alpha value is -1.00. The lowest BCUT2D eigenvalue weighted by molar-refractivity contribution is 0.0491. The fourth-order valence-corrected chi connectivity index (χ4v) is 2.72. The molecule has 1 rings (SSSR count). The summed E-state index contributed by atoms with van der Waals surface area (Å²) in [6, 6.07) is 0. The molecule has 0 radical (unpaired) electrons. The number of aromatic nitrogens is 2. The van der Waals surface area contributed by atoms with Crippen molar-refractivity contribution in [3.05, 3.63) is 22.8 Å². The van der Waals surface area contributed by atoms with Gasteiger partial charge in [-0.3, -0.25) is 0 Å². The molecule has 21 heavy (non-hydrogen) atoms. The SMILES string of the molecule is CCCC(OCC)c1nc(C)c(CC(C)CNC)c(C)n1. The summed E-state index contributed by atoms with van der Waals surface area (Å²) in [6.45, 7) is 12.3. The van der Waals surface area contributed by atoms with Crippen molar-refractivity contribution in [2.24, 2.45) is 5.92 Å². The summed E-state index contributed by atoms with van der Waals surface area (Å²) >= 11 is 0. The molecule has 0 bridgehead atoms. The molecule has 4 nitrogen and oxygen atoms in total. The first-order chi connectivity index (χ1) is 10.0. The second-order valence-corrected chi connectivity index (χ2v) is 5.83. The van der Waals surface area contributed by atoms with Crippen molar-refractivity contribution in [1.82, 2.24) is 15.3 Å². The standard InChI is InChI=1S/C17H31N3O/c1-7-9-16(21-8-2)17-19-13(4)15(14(5)20-17)10-12(3)11-18-6/h12,16,18H,7-11H2,1-6H3. The third-order valence-corrected chi connectivity index (χ3v) is 3.75.